The third-order valence-corrected chi connectivity index (χ3v) is 5.76. The Balaban J connectivity index is 2.14. The number of thiophene rings is 1. The van der Waals surface area contributed by atoms with Gasteiger partial charge in [-0.2, -0.15) is 0 Å². The maximum absolute atomic E-state index is 12.7. The zero-order valence-corrected chi connectivity index (χ0v) is 16.5. The molecule has 26 heavy (non-hydrogen) atoms. The van der Waals surface area contributed by atoms with Crippen LogP contribution in [0.2, 0.25) is 0 Å². The third kappa shape index (κ3) is 5.57. The minimum absolute atomic E-state index is 0.0385. The van der Waals surface area contributed by atoms with E-state index in [0.29, 0.717) is 34.8 Å². The number of hydrogen-bond acceptors (Lipinski definition) is 7. The van der Waals surface area contributed by atoms with Crippen LogP contribution in [-0.4, -0.2) is 33.2 Å². The monoisotopic (exact) mass is 396 g/mol. The Morgan fingerprint density at radius 3 is 2.88 bits per heavy atom. The zero-order chi connectivity index (χ0) is 19.1. The van der Waals surface area contributed by atoms with Crippen molar-refractivity contribution in [1.29, 1.82) is 0 Å². The molecule has 0 fully saturated rings. The number of thioether (sulfide) groups is 1. The van der Waals surface area contributed by atoms with Gasteiger partial charge in [0.25, 0.3) is 5.56 Å². The molecule has 0 aliphatic carbocycles. The number of fused-ring (bicyclic) bond motifs is 1. The number of unbranched alkanes of at least 4 members (excludes halogenated alkanes) is 1. The number of carbonyl (C=O) groups excluding carboxylic acids is 2. The van der Waals surface area contributed by atoms with Gasteiger partial charge in [0.2, 0.25) is 5.91 Å². The second-order valence-corrected chi connectivity index (χ2v) is 7.84. The first-order chi connectivity index (χ1) is 12.4. The quantitative estimate of drug-likeness (QED) is 0.370. The van der Waals surface area contributed by atoms with E-state index >= 15 is 0 Å². The molecule has 7 nitrogen and oxygen atoms in total. The average molecular weight is 397 g/mol. The molecule has 2 rings (SSSR count). The molecule has 2 aromatic rings. The Labute approximate surface area is 159 Å². The first kappa shape index (κ1) is 20.4. The molecule has 0 bridgehead atoms. The molecule has 0 aliphatic heterocycles. The number of amides is 1. The predicted molar refractivity (Wildman–Crippen MR) is 101 cm³/mol. The molecule has 1 amide bonds. The normalized spacial score (nSPS) is 12.2. The SMILES string of the molecule is CCC(C)NC(=O)CSc1nc2ccsc2c(=O)n1CCCCC(=O)[O-]. The van der Waals surface area contributed by atoms with Gasteiger partial charge in [0, 0.05) is 18.6 Å². The van der Waals surface area contributed by atoms with Gasteiger partial charge in [0.05, 0.1) is 11.3 Å². The summed E-state index contributed by atoms with van der Waals surface area (Å²) in [5.74, 6) is -1.03. The van der Waals surface area contributed by atoms with Gasteiger partial charge in [-0.1, -0.05) is 18.7 Å². The summed E-state index contributed by atoms with van der Waals surface area (Å²) < 4.78 is 2.10. The van der Waals surface area contributed by atoms with Crippen LogP contribution in [0.1, 0.15) is 39.5 Å². The van der Waals surface area contributed by atoms with Crippen LogP contribution in [0.3, 0.4) is 0 Å². The van der Waals surface area contributed by atoms with E-state index in [4.69, 9.17) is 0 Å². The fourth-order valence-electron chi connectivity index (χ4n) is 2.32. The molecule has 142 valence electrons. The molecule has 1 atom stereocenters. The number of nitrogens with zero attached hydrogens (tertiary/aromatic N) is 2. The molecule has 0 aromatic carbocycles. The van der Waals surface area contributed by atoms with Crippen LogP contribution in [0.4, 0.5) is 0 Å². The van der Waals surface area contributed by atoms with Crippen molar-refractivity contribution in [2.75, 3.05) is 5.75 Å². The largest absolute Gasteiger partial charge is 0.550 e. The van der Waals surface area contributed by atoms with Gasteiger partial charge in [-0.25, -0.2) is 4.98 Å². The lowest BCUT2D eigenvalue weighted by molar-refractivity contribution is -0.305. The third-order valence-electron chi connectivity index (χ3n) is 3.90. The van der Waals surface area contributed by atoms with Crippen molar-refractivity contribution in [3.05, 3.63) is 21.8 Å². The highest BCUT2D eigenvalue weighted by atomic mass is 32.2. The van der Waals surface area contributed by atoms with Crippen LogP contribution in [0, 0.1) is 0 Å². The summed E-state index contributed by atoms with van der Waals surface area (Å²) in [5, 5.41) is 15.7. The van der Waals surface area contributed by atoms with Gasteiger partial charge in [-0.3, -0.25) is 14.2 Å². The van der Waals surface area contributed by atoms with Crippen molar-refractivity contribution in [1.82, 2.24) is 14.9 Å². The van der Waals surface area contributed by atoms with Crippen LogP contribution in [0.25, 0.3) is 10.2 Å². The summed E-state index contributed by atoms with van der Waals surface area (Å²) in [6.07, 6.45) is 1.76. The smallest absolute Gasteiger partial charge is 0.272 e. The highest BCUT2D eigenvalue weighted by Gasteiger charge is 2.14. The second-order valence-electron chi connectivity index (χ2n) is 5.98. The van der Waals surface area contributed by atoms with Crippen molar-refractivity contribution in [2.24, 2.45) is 0 Å². The number of hydrogen-bond donors (Lipinski definition) is 1. The lowest BCUT2D eigenvalue weighted by Crippen LogP contribution is -2.33. The van der Waals surface area contributed by atoms with Crippen LogP contribution >= 0.6 is 23.1 Å². The molecule has 1 N–H and O–H groups in total. The van der Waals surface area contributed by atoms with Gasteiger partial charge in [0.15, 0.2) is 5.16 Å². The van der Waals surface area contributed by atoms with Gasteiger partial charge in [0.1, 0.15) is 4.70 Å². The number of aliphatic carboxylic acids is 1. The zero-order valence-electron chi connectivity index (χ0n) is 14.8. The number of aromatic nitrogens is 2. The highest BCUT2D eigenvalue weighted by Crippen LogP contribution is 2.21. The molecule has 2 aromatic heterocycles. The molecule has 0 radical (unpaired) electrons. The predicted octanol–water partition coefficient (Wildman–Crippen LogP) is 1.38. The first-order valence-electron chi connectivity index (χ1n) is 8.52. The average Bonchev–Trinajstić information content (AvgIpc) is 3.07. The Kier molecular flexibility index (Phi) is 7.65. The lowest BCUT2D eigenvalue weighted by atomic mass is 10.2. The van der Waals surface area contributed by atoms with Crippen LogP contribution < -0.4 is 16.0 Å². The second kappa shape index (κ2) is 9.72. The van der Waals surface area contributed by atoms with Crippen LogP contribution in [0.15, 0.2) is 21.4 Å². The summed E-state index contributed by atoms with van der Waals surface area (Å²) in [5.41, 5.74) is 0.471. The summed E-state index contributed by atoms with van der Waals surface area (Å²) in [7, 11) is 0. The van der Waals surface area contributed by atoms with Gasteiger partial charge in [-0.05, 0) is 44.1 Å². The molecular weight excluding hydrogens is 374 g/mol. The molecule has 0 aliphatic rings. The van der Waals surface area contributed by atoms with E-state index in [1.165, 1.54) is 27.7 Å². The van der Waals surface area contributed by atoms with Gasteiger partial charge >= 0.3 is 0 Å². The molecule has 1 unspecified atom stereocenters. The summed E-state index contributed by atoms with van der Waals surface area (Å²) in [6, 6.07) is 1.88. The molecular formula is C17H22N3O4S2-. The minimum atomic E-state index is -1.10. The van der Waals surface area contributed by atoms with E-state index in [-0.39, 0.29) is 29.7 Å². The topological polar surface area (TPSA) is 104 Å². The maximum Gasteiger partial charge on any atom is 0.272 e. The number of carbonyl (C=O) groups is 2. The molecule has 0 spiro atoms. The van der Waals surface area contributed by atoms with Crippen LogP contribution in [-0.2, 0) is 16.1 Å². The van der Waals surface area contributed by atoms with E-state index in [1.807, 2.05) is 19.2 Å². The van der Waals surface area contributed by atoms with Crippen LogP contribution in [0.5, 0.6) is 0 Å². The van der Waals surface area contributed by atoms with Gasteiger partial charge in [-0.15, -0.1) is 11.3 Å². The fourth-order valence-corrected chi connectivity index (χ4v) is 3.93. The number of carboxylic acid groups (broad SMARTS) is 1. The molecule has 2 heterocycles. The Bertz CT molecular complexity index is 831. The summed E-state index contributed by atoms with van der Waals surface area (Å²) >= 11 is 2.55. The maximum atomic E-state index is 12.7. The summed E-state index contributed by atoms with van der Waals surface area (Å²) in [4.78, 5) is 39.8. The van der Waals surface area contributed by atoms with Crippen molar-refractivity contribution in [3.8, 4) is 0 Å². The Morgan fingerprint density at radius 1 is 1.42 bits per heavy atom. The minimum Gasteiger partial charge on any atom is -0.550 e. The summed E-state index contributed by atoms with van der Waals surface area (Å²) in [6.45, 7) is 4.29. The van der Waals surface area contributed by atoms with Crippen molar-refractivity contribution in [2.45, 2.75) is 57.3 Å². The van der Waals surface area contributed by atoms with E-state index in [2.05, 4.69) is 10.3 Å². The van der Waals surface area contributed by atoms with E-state index in [9.17, 15) is 19.5 Å². The van der Waals surface area contributed by atoms with Crippen molar-refractivity contribution in [3.63, 3.8) is 0 Å². The molecule has 0 saturated heterocycles. The van der Waals surface area contributed by atoms with Crippen molar-refractivity contribution < 1.29 is 14.7 Å². The fraction of sp³-hybridized carbons (Fsp3) is 0.529. The van der Waals surface area contributed by atoms with E-state index in [1.54, 1.807) is 6.07 Å². The Morgan fingerprint density at radius 2 is 2.19 bits per heavy atom. The molecule has 0 saturated carbocycles. The highest BCUT2D eigenvalue weighted by molar-refractivity contribution is 7.99. The number of rotatable bonds is 10. The lowest BCUT2D eigenvalue weighted by Gasteiger charge is -2.13. The first-order valence-corrected chi connectivity index (χ1v) is 10.4. The van der Waals surface area contributed by atoms with E-state index < -0.39 is 5.97 Å². The van der Waals surface area contributed by atoms with E-state index in [0.717, 1.165) is 6.42 Å². The molecule has 9 heteroatoms. The Hall–Kier alpha value is -1.87. The number of nitrogens with one attached hydrogen (secondary N) is 1. The van der Waals surface area contributed by atoms with Crippen molar-refractivity contribution >= 4 is 45.2 Å². The standard InChI is InChI=1S/C17H23N3O4S2/c1-3-11(2)18-13(21)10-26-17-19-12-7-9-25-15(12)16(24)20(17)8-5-4-6-14(22)23/h7,9,11H,3-6,8,10H2,1-2H3,(H,18,21)(H,22,23)/p-1. The number of carboxylic acids is 1. The van der Waals surface area contributed by atoms with Gasteiger partial charge < -0.3 is 15.2 Å².